The summed E-state index contributed by atoms with van der Waals surface area (Å²) >= 11 is 5.55. The molecule has 1 unspecified atom stereocenters. The minimum atomic E-state index is 0.307. The number of allylic oxidation sites excluding steroid dienone is 2. The highest BCUT2D eigenvalue weighted by Crippen LogP contribution is 2.48. The fraction of sp³-hybridized carbons (Fsp3) is 0.0588. The molecule has 10 rings (SSSR count). The van der Waals surface area contributed by atoms with Gasteiger partial charge in [-0.05, 0) is 94.8 Å². The number of fused-ring (bicyclic) bond motifs is 5. The van der Waals surface area contributed by atoms with Crippen LogP contribution in [0, 0.1) is 0 Å². The lowest BCUT2D eigenvalue weighted by molar-refractivity contribution is 0.949. The smallest absolute Gasteiger partial charge is 0.124 e. The van der Waals surface area contributed by atoms with Gasteiger partial charge in [0.2, 0.25) is 0 Å². The van der Waals surface area contributed by atoms with Crippen molar-refractivity contribution >= 4 is 81.8 Å². The van der Waals surface area contributed by atoms with Crippen molar-refractivity contribution in [2.75, 3.05) is 0 Å². The van der Waals surface area contributed by atoms with Gasteiger partial charge in [0.25, 0.3) is 0 Å². The Hall–Kier alpha value is -5.85. The molecule has 0 saturated heterocycles. The molecule has 0 saturated carbocycles. The van der Waals surface area contributed by atoms with Crippen molar-refractivity contribution in [1.82, 2.24) is 4.98 Å². The Morgan fingerprint density at radius 3 is 2.23 bits per heavy atom. The average molecular weight is 773 g/mol. The number of aliphatic imine (C=N–C) groups is 1. The van der Waals surface area contributed by atoms with E-state index >= 15 is 0 Å². The van der Waals surface area contributed by atoms with E-state index in [0.29, 0.717) is 5.25 Å². The van der Waals surface area contributed by atoms with E-state index in [1.165, 1.54) is 52.0 Å². The van der Waals surface area contributed by atoms with Crippen LogP contribution >= 0.6 is 34.4 Å². The Morgan fingerprint density at radius 2 is 1.41 bits per heavy atom. The average Bonchev–Trinajstić information content (AvgIpc) is 3.99. The number of hydrogen-bond acceptors (Lipinski definition) is 5. The third kappa shape index (κ3) is 6.52. The van der Waals surface area contributed by atoms with Gasteiger partial charge in [-0.25, -0.2) is 4.98 Å². The summed E-state index contributed by atoms with van der Waals surface area (Å²) in [6, 6.07) is 58.6. The Balaban J connectivity index is 1.14. The monoisotopic (exact) mass is 772 g/mol. The number of nitrogens with zero attached hydrogens (tertiary/aromatic N) is 2. The van der Waals surface area contributed by atoms with E-state index in [4.69, 9.17) is 16.6 Å². The fourth-order valence-corrected chi connectivity index (χ4v) is 11.3. The van der Waals surface area contributed by atoms with Crippen LogP contribution in [0.15, 0.2) is 186 Å². The molecular weight excluding hydrogens is 737 g/mol. The van der Waals surface area contributed by atoms with E-state index in [1.54, 1.807) is 11.3 Å². The van der Waals surface area contributed by atoms with Crippen molar-refractivity contribution in [3.8, 4) is 21.7 Å². The lowest BCUT2D eigenvalue weighted by Crippen LogP contribution is -1.97. The largest absolute Gasteiger partial charge is 0.252 e. The number of thioether (sulfide) groups is 1. The molecule has 3 heterocycles. The summed E-state index contributed by atoms with van der Waals surface area (Å²) in [6.45, 7) is 6.87. The van der Waals surface area contributed by atoms with E-state index < -0.39 is 0 Å². The van der Waals surface area contributed by atoms with Gasteiger partial charge in [0.05, 0.1) is 15.9 Å². The van der Waals surface area contributed by atoms with Gasteiger partial charge in [0.1, 0.15) is 5.01 Å². The highest BCUT2D eigenvalue weighted by molar-refractivity contribution is 7.99. The molecule has 0 radical (unpaired) electrons. The van der Waals surface area contributed by atoms with Crippen LogP contribution in [0.4, 0.5) is 0 Å². The van der Waals surface area contributed by atoms with E-state index in [2.05, 4.69) is 177 Å². The number of benzene rings is 7. The first-order valence-corrected chi connectivity index (χ1v) is 21.3. The zero-order valence-electron chi connectivity index (χ0n) is 30.8. The zero-order chi connectivity index (χ0) is 37.6. The lowest BCUT2D eigenvalue weighted by Gasteiger charge is -2.15. The second kappa shape index (κ2) is 14.7. The molecule has 0 spiro atoms. The molecule has 0 aliphatic carbocycles. The first-order chi connectivity index (χ1) is 27.6. The minimum Gasteiger partial charge on any atom is -0.252 e. The summed E-state index contributed by atoms with van der Waals surface area (Å²) in [5.41, 5.74) is 13.4. The fourth-order valence-electron chi connectivity index (χ4n) is 7.72. The molecular formula is C51H36N2S3. The number of thiazole rings is 1. The molecule has 0 amide bonds. The highest BCUT2D eigenvalue weighted by Gasteiger charge is 2.25. The van der Waals surface area contributed by atoms with Gasteiger partial charge in [-0.2, -0.15) is 0 Å². The normalized spacial score (nSPS) is 14.5. The van der Waals surface area contributed by atoms with Crippen molar-refractivity contribution in [2.24, 2.45) is 4.99 Å². The number of thiophene rings is 1. The van der Waals surface area contributed by atoms with Crippen molar-refractivity contribution in [3.05, 3.63) is 204 Å². The van der Waals surface area contributed by atoms with Crippen molar-refractivity contribution in [3.63, 3.8) is 0 Å². The number of para-hydroxylation sites is 1. The van der Waals surface area contributed by atoms with E-state index in [9.17, 15) is 0 Å². The Labute approximate surface area is 339 Å². The van der Waals surface area contributed by atoms with Gasteiger partial charge in [-0.1, -0.05) is 134 Å². The van der Waals surface area contributed by atoms with Crippen LogP contribution < -0.4 is 0 Å². The van der Waals surface area contributed by atoms with Crippen molar-refractivity contribution in [1.29, 1.82) is 0 Å². The molecule has 5 heteroatoms. The predicted octanol–water partition coefficient (Wildman–Crippen LogP) is 15.0. The molecule has 7 aromatic carbocycles. The van der Waals surface area contributed by atoms with E-state index in [1.807, 2.05) is 23.1 Å². The van der Waals surface area contributed by atoms with Crippen LogP contribution in [-0.2, 0) is 6.42 Å². The molecule has 0 N–H and O–H groups in total. The molecule has 0 fully saturated rings. The molecule has 268 valence electrons. The van der Waals surface area contributed by atoms with E-state index in [-0.39, 0.29) is 0 Å². The molecule has 56 heavy (non-hydrogen) atoms. The summed E-state index contributed by atoms with van der Waals surface area (Å²) in [7, 11) is 0. The predicted molar refractivity (Wildman–Crippen MR) is 244 cm³/mol. The van der Waals surface area contributed by atoms with Crippen LogP contribution in [0.2, 0.25) is 0 Å². The maximum Gasteiger partial charge on any atom is 0.124 e. The minimum absolute atomic E-state index is 0.307. The second-order valence-corrected chi connectivity index (χ2v) is 17.5. The molecule has 2 aromatic heterocycles. The Bertz CT molecular complexity index is 2950. The van der Waals surface area contributed by atoms with Gasteiger partial charge in [0.15, 0.2) is 0 Å². The maximum atomic E-state index is 5.43. The third-order valence-corrected chi connectivity index (χ3v) is 14.3. The van der Waals surface area contributed by atoms with Gasteiger partial charge < -0.3 is 0 Å². The summed E-state index contributed by atoms with van der Waals surface area (Å²) in [6.07, 6.45) is 3.19. The molecule has 0 bridgehead atoms. The summed E-state index contributed by atoms with van der Waals surface area (Å²) in [4.78, 5) is 11.9. The summed E-state index contributed by atoms with van der Waals surface area (Å²) in [5.74, 6) is 0. The molecule has 1 aliphatic heterocycles. The van der Waals surface area contributed by atoms with Crippen LogP contribution in [0.1, 0.15) is 40.0 Å². The first-order valence-electron chi connectivity index (χ1n) is 18.8. The highest BCUT2D eigenvalue weighted by atomic mass is 32.2. The van der Waals surface area contributed by atoms with Crippen LogP contribution in [0.25, 0.3) is 63.4 Å². The molecule has 1 aliphatic rings. The summed E-state index contributed by atoms with van der Waals surface area (Å²) < 4.78 is 3.69. The molecule has 9 aromatic rings. The Morgan fingerprint density at radius 1 is 0.679 bits per heavy atom. The van der Waals surface area contributed by atoms with Gasteiger partial charge in [-0.3, -0.25) is 4.99 Å². The summed E-state index contributed by atoms with van der Waals surface area (Å²) in [5, 5.41) is 3.83. The quantitative estimate of drug-likeness (QED) is 0.114. The second-order valence-electron chi connectivity index (χ2n) is 14.2. The number of rotatable bonds is 8. The zero-order valence-corrected chi connectivity index (χ0v) is 33.2. The standard InChI is InChI=1S/C51H36N2S3/c1-32(37-28-38(48-31-36-19-9-11-25-46(36)54-48)30-39(29-37)51-53-44-24-10-12-26-47(44)55-51)27-45(52-33(2)34-15-5-3-6-16-34)43-23-14-22-42-41-21-13-20-40(49(41)56-50(42)43)35-17-7-4-8-18-35/h3-30,48H,1,31H2,2H3/b45-27-,52-33?. The SMILES string of the molecule is C=C(/C=C(\N=C(C)c1ccccc1)c1cccc2c1sc1c(-c3ccccc3)cccc12)c1cc(-c2nc3ccccc3s2)cc(C2Cc3ccccc3S2)c1. The Kier molecular flexibility index (Phi) is 9.07. The number of aromatic nitrogens is 1. The molecule has 2 nitrogen and oxygen atoms in total. The third-order valence-electron chi connectivity index (χ3n) is 10.6. The van der Waals surface area contributed by atoms with Crippen LogP contribution in [0.3, 0.4) is 0 Å². The van der Waals surface area contributed by atoms with Gasteiger partial charge >= 0.3 is 0 Å². The first kappa shape index (κ1) is 34.6. The van der Waals surface area contributed by atoms with E-state index in [0.717, 1.165) is 56.2 Å². The van der Waals surface area contributed by atoms with Crippen LogP contribution in [0.5, 0.6) is 0 Å². The van der Waals surface area contributed by atoms with Gasteiger partial charge in [0, 0.05) is 47.2 Å². The van der Waals surface area contributed by atoms with Crippen molar-refractivity contribution in [2.45, 2.75) is 23.5 Å². The van der Waals surface area contributed by atoms with Crippen LogP contribution in [-0.4, -0.2) is 10.7 Å². The molecule has 1 atom stereocenters. The van der Waals surface area contributed by atoms with Gasteiger partial charge in [-0.15, -0.1) is 34.4 Å². The number of hydrogen-bond donors (Lipinski definition) is 0. The van der Waals surface area contributed by atoms with Crippen molar-refractivity contribution < 1.29 is 0 Å². The topological polar surface area (TPSA) is 25.2 Å². The maximum absolute atomic E-state index is 5.43. The lowest BCUT2D eigenvalue weighted by atomic mass is 9.95.